The van der Waals surface area contributed by atoms with Crippen molar-refractivity contribution in [1.82, 2.24) is 47.9 Å². The van der Waals surface area contributed by atoms with Crippen molar-refractivity contribution >= 4 is 30.2 Å². The Labute approximate surface area is 292 Å². The SMILES string of the molecule is CC(C)CC(CNC(=O)NC(CNC(=O)NCCNC(=O)NCCNC(=O)N[C@@H](CN)Cc1ccc(O)cc1)Cc1ccccc1)NC(N)=O. The lowest BCUT2D eigenvalue weighted by Crippen LogP contribution is -2.53. The maximum absolute atomic E-state index is 12.7. The van der Waals surface area contributed by atoms with Crippen molar-refractivity contribution in [1.29, 1.82) is 0 Å². The number of phenols is 1. The van der Waals surface area contributed by atoms with E-state index in [-0.39, 0.29) is 69.6 Å². The zero-order chi connectivity index (χ0) is 36.7. The van der Waals surface area contributed by atoms with E-state index in [1.54, 1.807) is 24.3 Å². The van der Waals surface area contributed by atoms with Gasteiger partial charge in [-0.25, -0.2) is 24.0 Å². The number of nitrogens with two attached hydrogens (primary N) is 2. The van der Waals surface area contributed by atoms with Gasteiger partial charge in [-0.05, 0) is 48.4 Å². The normalized spacial score (nSPS) is 12.4. The van der Waals surface area contributed by atoms with Gasteiger partial charge in [0.05, 0.1) is 6.04 Å². The molecule has 0 spiro atoms. The monoisotopic (exact) mass is 699 g/mol. The van der Waals surface area contributed by atoms with Gasteiger partial charge in [0.2, 0.25) is 0 Å². The molecule has 2 unspecified atom stereocenters. The number of aromatic hydroxyl groups is 1. The van der Waals surface area contributed by atoms with E-state index in [2.05, 4.69) is 47.9 Å². The highest BCUT2D eigenvalue weighted by atomic mass is 16.3. The smallest absolute Gasteiger partial charge is 0.315 e. The van der Waals surface area contributed by atoms with Crippen LogP contribution in [-0.2, 0) is 12.8 Å². The molecular formula is C33H53N11O6. The minimum absolute atomic E-state index is 0.125. The molecule has 0 aliphatic carbocycles. The van der Waals surface area contributed by atoms with Gasteiger partial charge in [0.15, 0.2) is 0 Å². The molecule has 10 amide bonds. The van der Waals surface area contributed by atoms with Gasteiger partial charge in [-0.3, -0.25) is 0 Å². The van der Waals surface area contributed by atoms with Crippen LogP contribution < -0.4 is 59.3 Å². The zero-order valence-corrected chi connectivity index (χ0v) is 28.7. The van der Waals surface area contributed by atoms with Crippen LogP contribution in [0.3, 0.4) is 0 Å². The summed E-state index contributed by atoms with van der Waals surface area (Å²) in [5.41, 5.74) is 12.9. The van der Waals surface area contributed by atoms with E-state index in [4.69, 9.17) is 11.5 Å². The lowest BCUT2D eigenvalue weighted by atomic mass is 10.0. The van der Waals surface area contributed by atoms with Gasteiger partial charge >= 0.3 is 30.2 Å². The fourth-order valence-electron chi connectivity index (χ4n) is 4.88. The highest BCUT2D eigenvalue weighted by Crippen LogP contribution is 2.11. The Balaban J connectivity index is 1.66. The second-order valence-electron chi connectivity index (χ2n) is 12.1. The summed E-state index contributed by atoms with van der Waals surface area (Å²) in [6, 6.07) is 12.6. The summed E-state index contributed by atoms with van der Waals surface area (Å²) in [7, 11) is 0. The first kappa shape index (κ1) is 40.7. The van der Waals surface area contributed by atoms with Gasteiger partial charge in [0.25, 0.3) is 0 Å². The molecule has 276 valence electrons. The average Bonchev–Trinajstić information content (AvgIpc) is 3.07. The number of nitrogens with one attached hydrogen (secondary N) is 9. The predicted octanol–water partition coefficient (Wildman–Crippen LogP) is 0.153. The molecule has 14 N–H and O–H groups in total. The quantitative estimate of drug-likeness (QED) is 0.0851. The maximum Gasteiger partial charge on any atom is 0.315 e. The largest absolute Gasteiger partial charge is 0.508 e. The third-order valence-corrected chi connectivity index (χ3v) is 7.21. The summed E-state index contributed by atoms with van der Waals surface area (Å²) in [5, 5.41) is 33.7. The van der Waals surface area contributed by atoms with Crippen molar-refractivity contribution in [3.05, 3.63) is 65.7 Å². The Kier molecular flexibility index (Phi) is 18.7. The number of primary amides is 1. The van der Waals surface area contributed by atoms with Crippen LogP contribution in [0.15, 0.2) is 54.6 Å². The first-order chi connectivity index (χ1) is 23.9. The number of benzene rings is 2. The van der Waals surface area contributed by atoms with Crippen LogP contribution in [0, 0.1) is 5.92 Å². The molecule has 17 nitrogen and oxygen atoms in total. The molecule has 0 saturated heterocycles. The van der Waals surface area contributed by atoms with Crippen molar-refractivity contribution in [2.24, 2.45) is 17.4 Å². The van der Waals surface area contributed by atoms with Crippen LogP contribution in [0.25, 0.3) is 0 Å². The van der Waals surface area contributed by atoms with Crippen LogP contribution in [0.5, 0.6) is 5.75 Å². The summed E-state index contributed by atoms with van der Waals surface area (Å²) in [4.78, 5) is 60.8. The number of phenolic OH excluding ortho intramolecular Hbond substituents is 1. The van der Waals surface area contributed by atoms with E-state index in [0.717, 1.165) is 11.1 Å². The van der Waals surface area contributed by atoms with Crippen LogP contribution in [-0.4, -0.2) is 99.2 Å². The highest BCUT2D eigenvalue weighted by molar-refractivity contribution is 5.77. The molecule has 0 heterocycles. The molecule has 3 atom stereocenters. The second-order valence-corrected chi connectivity index (χ2v) is 12.1. The van der Waals surface area contributed by atoms with Gasteiger partial charge < -0.3 is 64.4 Å². The van der Waals surface area contributed by atoms with Gasteiger partial charge in [-0.1, -0.05) is 56.3 Å². The van der Waals surface area contributed by atoms with Crippen LogP contribution in [0.4, 0.5) is 24.0 Å². The lowest BCUT2D eigenvalue weighted by Gasteiger charge is -2.23. The number of hydrogen-bond donors (Lipinski definition) is 12. The molecule has 0 aliphatic rings. The first-order valence-corrected chi connectivity index (χ1v) is 16.6. The summed E-state index contributed by atoms with van der Waals surface area (Å²) >= 11 is 0. The van der Waals surface area contributed by atoms with E-state index in [9.17, 15) is 29.1 Å². The number of carbonyl (C=O) groups excluding carboxylic acids is 5. The van der Waals surface area contributed by atoms with Crippen LogP contribution >= 0.6 is 0 Å². The minimum Gasteiger partial charge on any atom is -0.508 e. The van der Waals surface area contributed by atoms with Crippen molar-refractivity contribution < 1.29 is 29.1 Å². The number of amides is 10. The molecule has 2 aromatic rings. The minimum atomic E-state index is -0.665. The molecular weight excluding hydrogens is 646 g/mol. The van der Waals surface area contributed by atoms with E-state index in [1.807, 2.05) is 44.2 Å². The lowest BCUT2D eigenvalue weighted by molar-refractivity contribution is 0.228. The van der Waals surface area contributed by atoms with Gasteiger partial charge in [0.1, 0.15) is 5.75 Å². The molecule has 0 saturated carbocycles. The molecule has 0 bridgehead atoms. The average molecular weight is 700 g/mol. The summed E-state index contributed by atoms with van der Waals surface area (Å²) < 4.78 is 0. The number of urea groups is 5. The third-order valence-electron chi connectivity index (χ3n) is 7.21. The van der Waals surface area contributed by atoms with Gasteiger partial charge in [0, 0.05) is 57.9 Å². The standard InChI is InChI=1S/C33H53N11O6/c1-22(2)16-26(42-29(35)46)20-41-33(50)44-27(18-23-6-4-3-5-7-23)21-40-31(48)38-13-12-36-30(47)37-14-15-39-32(49)43-25(19-34)17-24-8-10-28(45)11-9-24/h3-11,22,25-27,45H,12-21,34H2,1-2H3,(H3,35,42,46)(H2,36,37,47)(H2,38,40,48)(H2,39,43,49)(H2,41,44,50)/t25-,26?,27?/m1/s1. The fraction of sp³-hybridized carbons (Fsp3) is 0.485. The Bertz CT molecular complexity index is 1330. The predicted molar refractivity (Wildman–Crippen MR) is 190 cm³/mol. The Morgan fingerprint density at radius 1 is 0.600 bits per heavy atom. The highest BCUT2D eigenvalue weighted by Gasteiger charge is 2.18. The zero-order valence-electron chi connectivity index (χ0n) is 28.7. The number of rotatable bonds is 20. The third kappa shape index (κ3) is 18.8. The molecule has 0 aromatic heterocycles. The van der Waals surface area contributed by atoms with Gasteiger partial charge in [-0.15, -0.1) is 0 Å². The van der Waals surface area contributed by atoms with E-state index in [1.165, 1.54) is 0 Å². The van der Waals surface area contributed by atoms with Crippen LogP contribution in [0.2, 0.25) is 0 Å². The molecule has 0 radical (unpaired) electrons. The van der Waals surface area contributed by atoms with Crippen molar-refractivity contribution in [3.8, 4) is 5.75 Å². The van der Waals surface area contributed by atoms with Gasteiger partial charge in [-0.2, -0.15) is 0 Å². The molecule has 17 heteroatoms. The van der Waals surface area contributed by atoms with E-state index >= 15 is 0 Å². The molecule has 0 aliphatic heterocycles. The maximum atomic E-state index is 12.7. The van der Waals surface area contributed by atoms with Crippen molar-refractivity contribution in [2.75, 3.05) is 45.8 Å². The summed E-state index contributed by atoms with van der Waals surface area (Å²) in [5.74, 6) is 0.432. The number of carbonyl (C=O) groups is 5. The second kappa shape index (κ2) is 23.0. The number of hydrogen-bond acceptors (Lipinski definition) is 7. The Morgan fingerprint density at radius 2 is 1.06 bits per heavy atom. The first-order valence-electron chi connectivity index (χ1n) is 16.6. The van der Waals surface area contributed by atoms with E-state index in [0.29, 0.717) is 19.3 Å². The molecule has 2 aromatic carbocycles. The van der Waals surface area contributed by atoms with Crippen molar-refractivity contribution in [3.63, 3.8) is 0 Å². The summed E-state index contributed by atoms with van der Waals surface area (Å²) in [6.45, 7) is 5.16. The molecule has 2 rings (SSSR count). The fourth-order valence-corrected chi connectivity index (χ4v) is 4.88. The Hall–Kier alpha value is -5.45. The molecule has 0 fully saturated rings. The summed E-state index contributed by atoms with van der Waals surface area (Å²) in [6.07, 6.45) is 1.58. The Morgan fingerprint density at radius 3 is 1.62 bits per heavy atom. The van der Waals surface area contributed by atoms with Crippen LogP contribution in [0.1, 0.15) is 31.4 Å². The molecule has 50 heavy (non-hydrogen) atoms. The topological polar surface area (TPSA) is 266 Å². The van der Waals surface area contributed by atoms with E-state index < -0.39 is 36.2 Å². The van der Waals surface area contributed by atoms with Crippen molar-refractivity contribution in [2.45, 2.75) is 51.2 Å².